The van der Waals surface area contributed by atoms with Crippen molar-refractivity contribution in [3.8, 4) is 0 Å². The van der Waals surface area contributed by atoms with Crippen LogP contribution in [0.5, 0.6) is 0 Å². The molecule has 1 aliphatic heterocycles. The molecule has 0 unspecified atom stereocenters. The highest BCUT2D eigenvalue weighted by atomic mass is 32.2. The van der Waals surface area contributed by atoms with Gasteiger partial charge in [-0.2, -0.15) is 11.8 Å². The van der Waals surface area contributed by atoms with E-state index in [2.05, 4.69) is 11.6 Å². The Hall–Kier alpha value is -1.04. The molecule has 0 aromatic rings. The number of carbonyl (C=O) groups excluding carboxylic acids is 3. The molecule has 0 atom stereocenters. The molecule has 1 heterocycles. The van der Waals surface area contributed by atoms with Crippen LogP contribution in [0.4, 0.5) is 4.79 Å². The number of nitrogens with one attached hydrogen (secondary N) is 1. The number of hydrogen-bond acceptors (Lipinski definition) is 4. The number of imide groups is 2. The summed E-state index contributed by atoms with van der Waals surface area (Å²) >= 11 is 1.85. The minimum absolute atomic E-state index is 0.0310. The summed E-state index contributed by atoms with van der Waals surface area (Å²) < 4.78 is 0. The van der Waals surface area contributed by atoms with Gasteiger partial charge in [-0.1, -0.05) is 6.42 Å². The molecule has 3 aliphatic rings. The lowest BCUT2D eigenvalue weighted by Crippen LogP contribution is -2.68. The Bertz CT molecular complexity index is 453. The normalized spacial score (nSPS) is 33.0. The van der Waals surface area contributed by atoms with Gasteiger partial charge < -0.3 is 0 Å². The second-order valence-corrected chi connectivity index (χ2v) is 7.17. The fraction of sp³-hybridized carbons (Fsp3) is 0.786. The van der Waals surface area contributed by atoms with Crippen molar-refractivity contribution in [1.82, 2.24) is 10.2 Å². The summed E-state index contributed by atoms with van der Waals surface area (Å²) in [5.74, 6) is -0.627. The lowest BCUT2D eigenvalue weighted by molar-refractivity contribution is -0.159. The number of hydrogen-bond donors (Lipinski definition) is 1. The van der Waals surface area contributed by atoms with Crippen molar-refractivity contribution in [3.63, 3.8) is 0 Å². The molecule has 1 spiro atoms. The van der Waals surface area contributed by atoms with Gasteiger partial charge in [-0.15, -0.1) is 0 Å². The van der Waals surface area contributed by atoms with Gasteiger partial charge in [-0.3, -0.25) is 19.8 Å². The molecule has 3 fully saturated rings. The Morgan fingerprint density at radius 2 is 1.80 bits per heavy atom. The van der Waals surface area contributed by atoms with E-state index in [1.165, 1.54) is 4.90 Å². The molecule has 4 amide bonds. The molecule has 5 nitrogen and oxygen atoms in total. The smallest absolute Gasteiger partial charge is 0.277 e. The maximum atomic E-state index is 12.6. The van der Waals surface area contributed by atoms with E-state index in [4.69, 9.17) is 0 Å². The van der Waals surface area contributed by atoms with Gasteiger partial charge >= 0.3 is 6.03 Å². The summed E-state index contributed by atoms with van der Waals surface area (Å²) in [4.78, 5) is 38.0. The summed E-state index contributed by atoms with van der Waals surface area (Å²) in [5, 5.41) is 3.03. The molecule has 0 aromatic heterocycles. The lowest BCUT2D eigenvalue weighted by atomic mass is 9.66. The largest absolute Gasteiger partial charge is 0.331 e. The van der Waals surface area contributed by atoms with Gasteiger partial charge in [0.05, 0.1) is 0 Å². The highest BCUT2D eigenvalue weighted by Gasteiger charge is 2.58. The number of carbonyl (C=O) groups is 3. The summed E-state index contributed by atoms with van der Waals surface area (Å²) in [6.45, 7) is 0. The molecule has 20 heavy (non-hydrogen) atoms. The molecule has 0 bridgehead atoms. The second kappa shape index (κ2) is 5.06. The van der Waals surface area contributed by atoms with E-state index in [-0.39, 0.29) is 17.9 Å². The van der Waals surface area contributed by atoms with E-state index in [9.17, 15) is 14.4 Å². The number of urea groups is 1. The summed E-state index contributed by atoms with van der Waals surface area (Å²) in [6.07, 6.45) is 7.94. The Morgan fingerprint density at radius 3 is 2.30 bits per heavy atom. The first-order chi connectivity index (χ1) is 9.58. The van der Waals surface area contributed by atoms with Gasteiger partial charge in [0, 0.05) is 11.3 Å². The quantitative estimate of drug-likeness (QED) is 0.791. The molecule has 1 saturated heterocycles. The van der Waals surface area contributed by atoms with Crippen molar-refractivity contribution in [1.29, 1.82) is 0 Å². The average molecular weight is 296 g/mol. The van der Waals surface area contributed by atoms with Crippen LogP contribution in [0.2, 0.25) is 0 Å². The van der Waals surface area contributed by atoms with Gasteiger partial charge in [-0.25, -0.2) is 4.79 Å². The van der Waals surface area contributed by atoms with Gasteiger partial charge in [0.1, 0.15) is 5.41 Å². The molecule has 1 N–H and O–H groups in total. The van der Waals surface area contributed by atoms with Crippen molar-refractivity contribution in [2.24, 2.45) is 5.41 Å². The number of thioether (sulfide) groups is 1. The van der Waals surface area contributed by atoms with Crippen molar-refractivity contribution in [2.45, 2.75) is 56.2 Å². The Balaban J connectivity index is 1.77. The van der Waals surface area contributed by atoms with Crippen LogP contribution in [0.1, 0.15) is 44.9 Å². The van der Waals surface area contributed by atoms with E-state index in [0.717, 1.165) is 32.1 Å². The average Bonchev–Trinajstić information content (AvgIpc) is 2.37. The molecular formula is C14H20N2O3S. The molecule has 2 aliphatic carbocycles. The zero-order valence-electron chi connectivity index (χ0n) is 11.7. The van der Waals surface area contributed by atoms with E-state index in [1.807, 2.05) is 11.8 Å². The monoisotopic (exact) mass is 296 g/mol. The van der Waals surface area contributed by atoms with Gasteiger partial charge in [0.25, 0.3) is 0 Å². The maximum Gasteiger partial charge on any atom is 0.331 e. The lowest BCUT2D eigenvalue weighted by Gasteiger charge is -2.47. The molecule has 3 rings (SSSR count). The summed E-state index contributed by atoms with van der Waals surface area (Å²) in [5.41, 5.74) is -0.926. The van der Waals surface area contributed by atoms with E-state index in [0.29, 0.717) is 18.1 Å². The zero-order valence-corrected chi connectivity index (χ0v) is 12.5. The van der Waals surface area contributed by atoms with Crippen LogP contribution in [-0.2, 0) is 9.59 Å². The number of amides is 4. The number of rotatable bonds is 2. The minimum atomic E-state index is -0.926. The minimum Gasteiger partial charge on any atom is -0.277 e. The highest BCUT2D eigenvalue weighted by molar-refractivity contribution is 7.99. The Labute approximate surface area is 122 Å². The molecule has 0 aromatic carbocycles. The SMILES string of the molecule is CSC1CCC(N2C(=O)NC(=O)C3(CCC3)C2=O)CC1. The number of barbiturate groups is 1. The predicted octanol–water partition coefficient (Wildman–Crippen LogP) is 1.91. The first-order valence-electron chi connectivity index (χ1n) is 7.30. The fourth-order valence-electron chi connectivity index (χ4n) is 3.54. The first-order valence-corrected chi connectivity index (χ1v) is 8.59. The third-order valence-corrected chi connectivity index (χ3v) is 6.19. The third-order valence-electron chi connectivity index (χ3n) is 5.05. The highest BCUT2D eigenvalue weighted by Crippen LogP contribution is 2.45. The van der Waals surface area contributed by atoms with Crippen LogP contribution < -0.4 is 5.32 Å². The molecular weight excluding hydrogens is 276 g/mol. The van der Waals surface area contributed by atoms with Gasteiger partial charge in [-0.05, 0) is 44.8 Å². The molecule has 2 saturated carbocycles. The van der Waals surface area contributed by atoms with Crippen LogP contribution in [-0.4, -0.2) is 40.3 Å². The molecule has 110 valence electrons. The maximum absolute atomic E-state index is 12.6. The predicted molar refractivity (Wildman–Crippen MR) is 76.2 cm³/mol. The second-order valence-electron chi connectivity index (χ2n) is 6.04. The van der Waals surface area contributed by atoms with Gasteiger partial charge in [0.2, 0.25) is 11.8 Å². The van der Waals surface area contributed by atoms with Gasteiger partial charge in [0.15, 0.2) is 0 Å². The van der Waals surface area contributed by atoms with E-state index in [1.54, 1.807) is 0 Å². The van der Waals surface area contributed by atoms with Crippen molar-refractivity contribution in [3.05, 3.63) is 0 Å². The summed E-state index contributed by atoms with van der Waals surface area (Å²) in [6, 6.07) is -0.540. The van der Waals surface area contributed by atoms with Crippen LogP contribution in [0.25, 0.3) is 0 Å². The van der Waals surface area contributed by atoms with Crippen molar-refractivity contribution >= 4 is 29.6 Å². The van der Waals surface area contributed by atoms with Crippen LogP contribution in [0.15, 0.2) is 0 Å². The standard InChI is InChI=1S/C14H20N2O3S/c1-20-10-5-3-9(4-6-10)16-12(18)14(7-2-8-14)11(17)15-13(16)19/h9-10H,2-8H2,1H3,(H,15,17,19). The van der Waals surface area contributed by atoms with Crippen LogP contribution in [0, 0.1) is 5.41 Å². The topological polar surface area (TPSA) is 66.5 Å². The Morgan fingerprint density at radius 1 is 1.15 bits per heavy atom. The van der Waals surface area contributed by atoms with E-state index < -0.39 is 11.4 Å². The van der Waals surface area contributed by atoms with Crippen LogP contribution in [0.3, 0.4) is 0 Å². The van der Waals surface area contributed by atoms with E-state index >= 15 is 0 Å². The third kappa shape index (κ3) is 1.96. The fourth-order valence-corrected chi connectivity index (χ4v) is 4.28. The molecule has 0 radical (unpaired) electrons. The van der Waals surface area contributed by atoms with Crippen LogP contribution >= 0.6 is 11.8 Å². The molecule has 6 heteroatoms. The first kappa shape index (κ1) is 13.9. The number of nitrogens with zero attached hydrogens (tertiary/aromatic N) is 1. The van der Waals surface area contributed by atoms with Crippen molar-refractivity contribution in [2.75, 3.05) is 6.26 Å². The zero-order chi connectivity index (χ0) is 14.3. The summed E-state index contributed by atoms with van der Waals surface area (Å²) in [7, 11) is 0. The Kier molecular flexibility index (Phi) is 3.52. The van der Waals surface area contributed by atoms with Crippen molar-refractivity contribution < 1.29 is 14.4 Å².